The number of para-hydroxylation sites is 3. The van der Waals surface area contributed by atoms with Crippen molar-refractivity contribution in [2.24, 2.45) is 0 Å². The van der Waals surface area contributed by atoms with Crippen LogP contribution in [-0.2, 0) is 13.7 Å². The quantitative estimate of drug-likeness (QED) is 0.540. The zero-order chi connectivity index (χ0) is 23.5. The van der Waals surface area contributed by atoms with Gasteiger partial charge in [0.25, 0.3) is 0 Å². The summed E-state index contributed by atoms with van der Waals surface area (Å²) >= 11 is 0. The highest BCUT2D eigenvalue weighted by Gasteiger charge is 2.46. The molecule has 1 saturated heterocycles. The Morgan fingerprint density at radius 2 is 0.667 bits per heavy atom. The summed E-state index contributed by atoms with van der Waals surface area (Å²) in [6.07, 6.45) is 0. The Bertz CT molecular complexity index is 954. The van der Waals surface area contributed by atoms with Crippen molar-refractivity contribution in [3.05, 3.63) is 72.8 Å². The molecule has 0 atom stereocenters. The largest absolute Gasteiger partial charge is 0.469 e. The van der Waals surface area contributed by atoms with Gasteiger partial charge in [-0.25, -0.2) is 0 Å². The van der Waals surface area contributed by atoms with E-state index in [9.17, 15) is 0 Å². The summed E-state index contributed by atoms with van der Waals surface area (Å²) in [5, 5.41) is 0. The van der Waals surface area contributed by atoms with E-state index in [2.05, 4.69) is 51.1 Å². The van der Waals surface area contributed by atoms with Crippen LogP contribution in [0.2, 0.25) is 0 Å². The second-order valence-corrected chi connectivity index (χ2v) is 8.76. The molecule has 0 aliphatic carbocycles. The monoisotopic (exact) mass is 441 g/mol. The van der Waals surface area contributed by atoms with Gasteiger partial charge in [0.15, 0.2) is 0 Å². The first kappa shape index (κ1) is 23.3. The fourth-order valence-corrected chi connectivity index (χ4v) is 4.16. The number of benzene rings is 3. The first-order valence-corrected chi connectivity index (χ1v) is 11.1. The number of hydrogen-bond acceptors (Lipinski definition) is 6. The highest BCUT2D eigenvalue weighted by molar-refractivity contribution is 6.88. The average Bonchev–Trinajstić information content (AvgIpc) is 2.83. The summed E-state index contributed by atoms with van der Waals surface area (Å²) < 4.78 is 19.4. The fraction of sp³-hybridized carbons (Fsp3) is 0.250. The van der Waals surface area contributed by atoms with Crippen LogP contribution in [0.1, 0.15) is 0 Å². The molecule has 33 heavy (non-hydrogen) atoms. The molecule has 0 aromatic heterocycles. The SMILES string of the molecule is CN(C)c1ccccc1B1OB(c2ccccc2N(C)C)OB(c2ccccc2N(C)C)O1. The van der Waals surface area contributed by atoms with Crippen molar-refractivity contribution in [1.29, 1.82) is 0 Å². The van der Waals surface area contributed by atoms with Crippen molar-refractivity contribution in [3.8, 4) is 0 Å². The van der Waals surface area contributed by atoms with Crippen LogP contribution in [0.4, 0.5) is 17.1 Å². The predicted molar refractivity (Wildman–Crippen MR) is 142 cm³/mol. The number of hydrogen-bond donors (Lipinski definition) is 0. The molecule has 1 aliphatic rings. The average molecular weight is 441 g/mol. The molecule has 0 radical (unpaired) electrons. The van der Waals surface area contributed by atoms with Crippen molar-refractivity contribution in [1.82, 2.24) is 0 Å². The summed E-state index contributed by atoms with van der Waals surface area (Å²) in [6.45, 7) is 0. The molecule has 3 aromatic carbocycles. The Hall–Kier alpha value is -2.87. The van der Waals surface area contributed by atoms with Crippen LogP contribution in [0.15, 0.2) is 72.8 Å². The molecule has 0 N–H and O–H groups in total. The van der Waals surface area contributed by atoms with E-state index in [4.69, 9.17) is 13.7 Å². The van der Waals surface area contributed by atoms with Crippen LogP contribution >= 0.6 is 0 Å². The third kappa shape index (κ3) is 4.90. The Balaban J connectivity index is 1.80. The molecular weight excluding hydrogens is 411 g/mol. The van der Waals surface area contributed by atoms with Gasteiger partial charge in [0.2, 0.25) is 0 Å². The summed E-state index contributed by atoms with van der Waals surface area (Å²) in [5.41, 5.74) is 6.03. The molecule has 6 nitrogen and oxygen atoms in total. The lowest BCUT2D eigenvalue weighted by Crippen LogP contribution is -2.62. The lowest BCUT2D eigenvalue weighted by molar-refractivity contribution is 0.309. The third-order valence-corrected chi connectivity index (χ3v) is 5.76. The zero-order valence-electron chi connectivity index (χ0n) is 20.2. The second kappa shape index (κ2) is 9.95. The van der Waals surface area contributed by atoms with Crippen molar-refractivity contribution in [3.63, 3.8) is 0 Å². The van der Waals surface area contributed by atoms with Gasteiger partial charge in [-0.05, 0) is 18.2 Å². The first-order valence-electron chi connectivity index (χ1n) is 11.1. The minimum atomic E-state index is -0.599. The maximum absolute atomic E-state index is 6.48. The second-order valence-electron chi connectivity index (χ2n) is 8.76. The molecule has 168 valence electrons. The summed E-state index contributed by atoms with van der Waals surface area (Å²) in [7, 11) is 10.3. The van der Waals surface area contributed by atoms with Crippen LogP contribution in [0, 0.1) is 0 Å². The Kier molecular flexibility index (Phi) is 7.03. The van der Waals surface area contributed by atoms with E-state index in [0.29, 0.717) is 0 Å². The normalized spacial score (nSPS) is 13.8. The smallest absolute Gasteiger partial charge is 0.444 e. The Labute approximate surface area is 198 Å². The van der Waals surface area contributed by atoms with Gasteiger partial charge in [0.05, 0.1) is 0 Å². The molecule has 0 amide bonds. The highest BCUT2D eigenvalue weighted by Crippen LogP contribution is 2.20. The molecule has 4 rings (SSSR count). The predicted octanol–water partition coefficient (Wildman–Crippen LogP) is 1.43. The van der Waals surface area contributed by atoms with E-state index in [-0.39, 0.29) is 0 Å². The van der Waals surface area contributed by atoms with Crippen LogP contribution in [0.5, 0.6) is 0 Å². The van der Waals surface area contributed by atoms with Gasteiger partial charge < -0.3 is 28.4 Å². The van der Waals surface area contributed by atoms with Gasteiger partial charge >= 0.3 is 21.4 Å². The third-order valence-electron chi connectivity index (χ3n) is 5.76. The molecule has 9 heteroatoms. The maximum Gasteiger partial charge on any atom is 0.469 e. The molecule has 0 unspecified atom stereocenters. The summed E-state index contributed by atoms with van der Waals surface area (Å²) in [5.74, 6) is 0. The van der Waals surface area contributed by atoms with Crippen molar-refractivity contribution in [2.45, 2.75) is 0 Å². The van der Waals surface area contributed by atoms with E-state index < -0.39 is 21.4 Å². The molecule has 0 bridgehead atoms. The minimum absolute atomic E-state index is 0.599. The van der Waals surface area contributed by atoms with E-state index in [1.54, 1.807) is 0 Å². The maximum atomic E-state index is 6.48. The highest BCUT2D eigenvalue weighted by atomic mass is 16.7. The van der Waals surface area contributed by atoms with Crippen molar-refractivity contribution in [2.75, 3.05) is 57.0 Å². The zero-order valence-corrected chi connectivity index (χ0v) is 20.2. The molecule has 1 aliphatic heterocycles. The standard InChI is InChI=1S/C24H30B3N3O3/c1-28(2)22-16-10-7-13-19(22)25-31-26(20-14-8-11-17-23(20)29(3)4)33-27(32-25)21-15-9-12-18-24(21)30(5)6/h7-18H,1-6H3. The van der Waals surface area contributed by atoms with Gasteiger partial charge in [0, 0.05) is 75.7 Å². The molecule has 3 aromatic rings. The van der Waals surface area contributed by atoms with Crippen LogP contribution in [0.3, 0.4) is 0 Å². The van der Waals surface area contributed by atoms with Gasteiger partial charge in [-0.2, -0.15) is 0 Å². The lowest BCUT2D eigenvalue weighted by Gasteiger charge is -2.35. The Morgan fingerprint density at radius 3 is 0.909 bits per heavy atom. The fourth-order valence-electron chi connectivity index (χ4n) is 4.16. The minimum Gasteiger partial charge on any atom is -0.444 e. The summed E-state index contributed by atoms with van der Waals surface area (Å²) in [6, 6.07) is 24.5. The van der Waals surface area contributed by atoms with Crippen LogP contribution < -0.4 is 31.1 Å². The molecule has 1 fully saturated rings. The van der Waals surface area contributed by atoms with Crippen LogP contribution in [0.25, 0.3) is 0 Å². The number of rotatable bonds is 6. The van der Waals surface area contributed by atoms with Gasteiger partial charge in [-0.15, -0.1) is 0 Å². The van der Waals surface area contributed by atoms with Crippen LogP contribution in [-0.4, -0.2) is 63.6 Å². The van der Waals surface area contributed by atoms with E-state index in [1.807, 2.05) is 78.7 Å². The van der Waals surface area contributed by atoms with E-state index >= 15 is 0 Å². The summed E-state index contributed by atoms with van der Waals surface area (Å²) in [4.78, 5) is 6.22. The molecular formula is C24H30B3N3O3. The molecule has 0 spiro atoms. The first-order chi connectivity index (χ1) is 15.9. The molecule has 1 heterocycles. The van der Waals surface area contributed by atoms with Gasteiger partial charge in [-0.3, -0.25) is 0 Å². The molecule has 0 saturated carbocycles. The topological polar surface area (TPSA) is 37.4 Å². The van der Waals surface area contributed by atoms with Crippen molar-refractivity contribution >= 4 is 54.8 Å². The van der Waals surface area contributed by atoms with Gasteiger partial charge in [0.1, 0.15) is 0 Å². The number of anilines is 3. The van der Waals surface area contributed by atoms with Gasteiger partial charge in [-0.1, -0.05) is 54.6 Å². The Morgan fingerprint density at radius 1 is 0.424 bits per heavy atom. The lowest BCUT2D eigenvalue weighted by atomic mass is 9.60. The van der Waals surface area contributed by atoms with E-state index in [1.165, 1.54) is 0 Å². The van der Waals surface area contributed by atoms with Crippen molar-refractivity contribution < 1.29 is 13.7 Å². The van der Waals surface area contributed by atoms with E-state index in [0.717, 1.165) is 33.5 Å². The number of nitrogens with zero attached hydrogens (tertiary/aromatic N) is 3.